The summed E-state index contributed by atoms with van der Waals surface area (Å²) in [5.41, 5.74) is 7.39. The molecule has 8 heteroatoms. The first-order valence-corrected chi connectivity index (χ1v) is 10.6. The quantitative estimate of drug-likeness (QED) is 0.547. The number of benzene rings is 2. The maximum absolute atomic E-state index is 14.6. The molecule has 1 aliphatic rings. The molecule has 170 valence electrons. The Labute approximate surface area is 192 Å². The SMILES string of the molecule is Cc1cc(C2CCCCN2C(=O)c2cc(Oc3ccc(CCN)cc3)ccc2F)no1.Cl. The molecule has 2 aromatic carbocycles. The highest BCUT2D eigenvalue weighted by molar-refractivity contribution is 5.95. The van der Waals surface area contributed by atoms with Crippen LogP contribution in [0.5, 0.6) is 11.5 Å². The van der Waals surface area contributed by atoms with Crippen molar-refractivity contribution in [3.63, 3.8) is 0 Å². The van der Waals surface area contributed by atoms with Gasteiger partial charge in [-0.05, 0) is 75.0 Å². The average Bonchev–Trinajstić information content (AvgIpc) is 3.22. The Morgan fingerprint density at radius 3 is 2.62 bits per heavy atom. The van der Waals surface area contributed by atoms with Gasteiger partial charge in [0.05, 0.1) is 11.6 Å². The van der Waals surface area contributed by atoms with Crippen molar-refractivity contribution in [2.45, 2.75) is 38.6 Å². The zero-order chi connectivity index (χ0) is 21.8. The third-order valence-electron chi connectivity index (χ3n) is 5.51. The fraction of sp³-hybridized carbons (Fsp3) is 0.333. The molecule has 1 saturated heterocycles. The van der Waals surface area contributed by atoms with E-state index in [4.69, 9.17) is 15.0 Å². The zero-order valence-electron chi connectivity index (χ0n) is 17.9. The van der Waals surface area contributed by atoms with E-state index in [1.165, 1.54) is 18.2 Å². The number of rotatable bonds is 6. The van der Waals surface area contributed by atoms with Crippen LogP contribution in [0, 0.1) is 12.7 Å². The highest BCUT2D eigenvalue weighted by Gasteiger charge is 2.32. The number of carbonyl (C=O) groups excluding carboxylic acids is 1. The van der Waals surface area contributed by atoms with Crippen LogP contribution in [-0.4, -0.2) is 29.1 Å². The first kappa shape index (κ1) is 23.8. The second kappa shape index (κ2) is 10.6. The van der Waals surface area contributed by atoms with Gasteiger partial charge < -0.3 is 19.9 Å². The van der Waals surface area contributed by atoms with Crippen molar-refractivity contribution in [3.8, 4) is 11.5 Å². The number of amides is 1. The summed E-state index contributed by atoms with van der Waals surface area (Å²) in [6, 6.07) is 13.4. The summed E-state index contributed by atoms with van der Waals surface area (Å²) >= 11 is 0. The van der Waals surface area contributed by atoms with Crippen LogP contribution >= 0.6 is 12.4 Å². The van der Waals surface area contributed by atoms with E-state index in [1.54, 1.807) is 4.90 Å². The summed E-state index contributed by atoms with van der Waals surface area (Å²) in [5, 5.41) is 4.09. The molecule has 0 bridgehead atoms. The van der Waals surface area contributed by atoms with Crippen LogP contribution < -0.4 is 10.5 Å². The van der Waals surface area contributed by atoms with E-state index < -0.39 is 5.82 Å². The van der Waals surface area contributed by atoms with Gasteiger partial charge in [0.25, 0.3) is 5.91 Å². The number of carbonyl (C=O) groups is 1. The molecule has 0 radical (unpaired) electrons. The average molecular weight is 460 g/mol. The molecule has 1 fully saturated rings. The molecular formula is C24H27ClFN3O3. The van der Waals surface area contributed by atoms with Gasteiger partial charge in [0.2, 0.25) is 0 Å². The van der Waals surface area contributed by atoms with Gasteiger partial charge in [-0.1, -0.05) is 17.3 Å². The Morgan fingerprint density at radius 1 is 1.19 bits per heavy atom. The van der Waals surface area contributed by atoms with E-state index in [0.29, 0.717) is 36.0 Å². The standard InChI is InChI=1S/C24H26FN3O3.ClH/c1-16-14-22(27-31-16)23-4-2-3-13-28(23)24(29)20-15-19(9-10-21(20)25)30-18-7-5-17(6-8-18)11-12-26;/h5-10,14-15,23H,2-4,11-13,26H2,1H3;1H. The van der Waals surface area contributed by atoms with Crippen LogP contribution in [0.1, 0.15) is 52.7 Å². The Balaban J connectivity index is 0.00000289. The molecule has 1 unspecified atom stereocenters. The van der Waals surface area contributed by atoms with Crippen LogP contribution in [-0.2, 0) is 6.42 Å². The summed E-state index contributed by atoms with van der Waals surface area (Å²) in [4.78, 5) is 15.0. The molecular weight excluding hydrogens is 433 g/mol. The molecule has 32 heavy (non-hydrogen) atoms. The van der Waals surface area contributed by atoms with E-state index in [2.05, 4.69) is 5.16 Å². The van der Waals surface area contributed by atoms with Crippen molar-refractivity contribution in [1.29, 1.82) is 0 Å². The lowest BCUT2D eigenvalue weighted by molar-refractivity contribution is 0.0596. The Morgan fingerprint density at radius 2 is 1.94 bits per heavy atom. The number of halogens is 2. The monoisotopic (exact) mass is 459 g/mol. The summed E-state index contributed by atoms with van der Waals surface area (Å²) in [5.74, 6) is 0.761. The van der Waals surface area contributed by atoms with Crippen LogP contribution in [0.3, 0.4) is 0 Å². The van der Waals surface area contributed by atoms with E-state index in [-0.39, 0.29) is 29.9 Å². The Kier molecular flexibility index (Phi) is 7.88. The fourth-order valence-corrected chi connectivity index (χ4v) is 3.94. The molecule has 4 rings (SSSR count). The molecule has 1 amide bonds. The van der Waals surface area contributed by atoms with E-state index in [9.17, 15) is 9.18 Å². The number of piperidine rings is 1. The number of nitrogens with zero attached hydrogens (tertiary/aromatic N) is 2. The lowest BCUT2D eigenvalue weighted by Gasteiger charge is -2.34. The summed E-state index contributed by atoms with van der Waals surface area (Å²) < 4.78 is 25.7. The van der Waals surface area contributed by atoms with Gasteiger partial charge in [-0.2, -0.15) is 0 Å². The predicted molar refractivity (Wildman–Crippen MR) is 122 cm³/mol. The summed E-state index contributed by atoms with van der Waals surface area (Å²) in [7, 11) is 0. The van der Waals surface area contributed by atoms with Crippen molar-refractivity contribution in [1.82, 2.24) is 10.1 Å². The molecule has 1 aromatic heterocycles. The molecule has 0 saturated carbocycles. The van der Waals surface area contributed by atoms with Gasteiger partial charge in [-0.3, -0.25) is 4.79 Å². The van der Waals surface area contributed by atoms with E-state index in [0.717, 1.165) is 31.2 Å². The van der Waals surface area contributed by atoms with Crippen LogP contribution in [0.2, 0.25) is 0 Å². The van der Waals surface area contributed by atoms with Crippen LogP contribution in [0.15, 0.2) is 53.1 Å². The second-order valence-electron chi connectivity index (χ2n) is 7.80. The molecule has 0 spiro atoms. The second-order valence-corrected chi connectivity index (χ2v) is 7.80. The number of hydrogen-bond acceptors (Lipinski definition) is 5. The number of hydrogen-bond donors (Lipinski definition) is 1. The van der Waals surface area contributed by atoms with Crippen molar-refractivity contribution < 1.29 is 18.4 Å². The molecule has 2 heterocycles. The number of aryl methyl sites for hydroxylation is 1. The van der Waals surface area contributed by atoms with E-state index >= 15 is 0 Å². The fourth-order valence-electron chi connectivity index (χ4n) is 3.94. The number of ether oxygens (including phenoxy) is 1. The van der Waals surface area contributed by atoms with Gasteiger partial charge in [0.15, 0.2) is 0 Å². The maximum Gasteiger partial charge on any atom is 0.257 e. The van der Waals surface area contributed by atoms with Crippen molar-refractivity contribution in [2.75, 3.05) is 13.1 Å². The van der Waals surface area contributed by atoms with Gasteiger partial charge >= 0.3 is 0 Å². The van der Waals surface area contributed by atoms with Gasteiger partial charge in [-0.15, -0.1) is 12.4 Å². The highest BCUT2D eigenvalue weighted by Crippen LogP contribution is 2.33. The van der Waals surface area contributed by atoms with Gasteiger partial charge in [0, 0.05) is 12.6 Å². The third kappa shape index (κ3) is 5.29. The number of nitrogens with two attached hydrogens (primary N) is 1. The topological polar surface area (TPSA) is 81.6 Å². The summed E-state index contributed by atoms with van der Waals surface area (Å²) in [6.07, 6.45) is 3.40. The molecule has 1 aliphatic heterocycles. The Bertz CT molecular complexity index is 1050. The third-order valence-corrected chi connectivity index (χ3v) is 5.51. The molecule has 1 atom stereocenters. The van der Waals surface area contributed by atoms with Crippen LogP contribution in [0.25, 0.3) is 0 Å². The van der Waals surface area contributed by atoms with Gasteiger partial charge in [-0.25, -0.2) is 4.39 Å². The van der Waals surface area contributed by atoms with E-state index in [1.807, 2.05) is 37.3 Å². The first-order valence-electron chi connectivity index (χ1n) is 10.6. The predicted octanol–water partition coefficient (Wildman–Crippen LogP) is 5.20. The van der Waals surface area contributed by atoms with Crippen molar-refractivity contribution in [3.05, 3.63) is 76.9 Å². The minimum atomic E-state index is -0.573. The smallest absolute Gasteiger partial charge is 0.257 e. The van der Waals surface area contributed by atoms with Crippen molar-refractivity contribution >= 4 is 18.3 Å². The number of aromatic nitrogens is 1. The molecule has 6 nitrogen and oxygen atoms in total. The zero-order valence-corrected chi connectivity index (χ0v) is 18.7. The molecule has 3 aromatic rings. The maximum atomic E-state index is 14.6. The van der Waals surface area contributed by atoms with Crippen LogP contribution in [0.4, 0.5) is 4.39 Å². The minimum Gasteiger partial charge on any atom is -0.457 e. The highest BCUT2D eigenvalue weighted by atomic mass is 35.5. The Hall–Kier alpha value is -2.90. The normalized spacial score (nSPS) is 15.8. The lowest BCUT2D eigenvalue weighted by atomic mass is 9.98. The molecule has 0 aliphatic carbocycles. The van der Waals surface area contributed by atoms with Gasteiger partial charge in [0.1, 0.15) is 28.8 Å². The lowest BCUT2D eigenvalue weighted by Crippen LogP contribution is -2.39. The minimum absolute atomic E-state index is 0. The number of likely N-dealkylation sites (tertiary alicyclic amines) is 1. The summed E-state index contributed by atoms with van der Waals surface area (Å²) in [6.45, 7) is 2.94. The van der Waals surface area contributed by atoms with Crippen molar-refractivity contribution in [2.24, 2.45) is 5.73 Å². The largest absolute Gasteiger partial charge is 0.457 e. The molecule has 2 N–H and O–H groups in total. The first-order chi connectivity index (χ1) is 15.0.